The van der Waals surface area contributed by atoms with E-state index in [1.54, 1.807) is 0 Å². The summed E-state index contributed by atoms with van der Waals surface area (Å²) < 4.78 is 25.8. The lowest BCUT2D eigenvalue weighted by atomic mass is 10.1. The van der Waals surface area contributed by atoms with Gasteiger partial charge in [0, 0.05) is 24.1 Å². The van der Waals surface area contributed by atoms with Crippen LogP contribution in [0, 0.1) is 5.82 Å². The summed E-state index contributed by atoms with van der Waals surface area (Å²) in [7, 11) is 0. The smallest absolute Gasteiger partial charge is 0.186 e. The van der Waals surface area contributed by atoms with Crippen molar-refractivity contribution in [3.05, 3.63) is 41.1 Å². The Morgan fingerprint density at radius 2 is 2.17 bits per heavy atom. The molecule has 1 aliphatic heterocycles. The number of nitrogens with one attached hydrogen (secondary N) is 1. The molecule has 24 heavy (non-hydrogen) atoms. The van der Waals surface area contributed by atoms with Crippen molar-refractivity contribution < 1.29 is 13.9 Å². The molecule has 1 N–H and O–H groups in total. The second-order valence-electron chi connectivity index (χ2n) is 5.82. The van der Waals surface area contributed by atoms with Crippen LogP contribution < -0.4 is 14.8 Å². The molecule has 6 heteroatoms. The number of aromatic nitrogens is 2. The zero-order chi connectivity index (χ0) is 17.1. The zero-order valence-corrected chi connectivity index (χ0v) is 14.2. The molecule has 0 amide bonds. The second kappa shape index (κ2) is 7.03. The molecular weight excluding hydrogens is 309 g/mol. The van der Waals surface area contributed by atoms with E-state index in [2.05, 4.69) is 15.3 Å². The van der Waals surface area contributed by atoms with Crippen LogP contribution in [0.2, 0.25) is 0 Å². The Hall–Kier alpha value is -2.37. The van der Waals surface area contributed by atoms with E-state index in [0.29, 0.717) is 25.3 Å². The molecule has 0 bridgehead atoms. The van der Waals surface area contributed by atoms with E-state index >= 15 is 0 Å². The van der Waals surface area contributed by atoms with Gasteiger partial charge in [0.25, 0.3) is 0 Å². The number of hydrogen-bond donors (Lipinski definition) is 1. The molecule has 1 aromatic carbocycles. The number of fused-ring (bicyclic) bond motifs is 1. The van der Waals surface area contributed by atoms with Crippen molar-refractivity contribution in [1.29, 1.82) is 0 Å². The van der Waals surface area contributed by atoms with Crippen molar-refractivity contribution in [2.75, 3.05) is 11.9 Å². The van der Waals surface area contributed by atoms with E-state index in [0.717, 1.165) is 29.0 Å². The van der Waals surface area contributed by atoms with Crippen LogP contribution in [0.3, 0.4) is 0 Å². The van der Waals surface area contributed by atoms with Crippen molar-refractivity contribution >= 4 is 5.82 Å². The van der Waals surface area contributed by atoms with E-state index in [1.165, 1.54) is 6.33 Å². The first-order chi connectivity index (χ1) is 11.6. The van der Waals surface area contributed by atoms with E-state index in [-0.39, 0.29) is 11.9 Å². The molecule has 0 saturated carbocycles. The molecule has 3 rings (SSSR count). The largest absolute Gasteiger partial charge is 0.494 e. The summed E-state index contributed by atoms with van der Waals surface area (Å²) in [6.07, 6.45) is 2.95. The van der Waals surface area contributed by atoms with Gasteiger partial charge in [-0.25, -0.2) is 14.4 Å². The van der Waals surface area contributed by atoms with Gasteiger partial charge in [-0.2, -0.15) is 0 Å². The lowest BCUT2D eigenvalue weighted by Gasteiger charge is -2.14. The highest BCUT2D eigenvalue weighted by Crippen LogP contribution is 2.35. The summed E-state index contributed by atoms with van der Waals surface area (Å²) in [6, 6.07) is 3.99. The monoisotopic (exact) mass is 331 g/mol. The van der Waals surface area contributed by atoms with Crippen LogP contribution in [0.5, 0.6) is 11.5 Å². The van der Waals surface area contributed by atoms with Gasteiger partial charge in [0.15, 0.2) is 11.6 Å². The van der Waals surface area contributed by atoms with Gasteiger partial charge < -0.3 is 14.8 Å². The normalized spacial score (nSPS) is 15.8. The van der Waals surface area contributed by atoms with Gasteiger partial charge in [0.2, 0.25) is 0 Å². The molecule has 2 heterocycles. The molecular formula is C18H22FN3O2. The summed E-state index contributed by atoms with van der Waals surface area (Å²) in [5.74, 6) is 1.48. The predicted molar refractivity (Wildman–Crippen MR) is 90.1 cm³/mol. The van der Waals surface area contributed by atoms with Crippen LogP contribution in [0.25, 0.3) is 0 Å². The van der Waals surface area contributed by atoms with Crippen molar-refractivity contribution in [3.8, 4) is 11.5 Å². The summed E-state index contributed by atoms with van der Waals surface area (Å²) >= 11 is 0. The average Bonchev–Trinajstić information content (AvgIpc) is 2.93. The first-order valence-electron chi connectivity index (χ1n) is 8.30. The zero-order valence-electron chi connectivity index (χ0n) is 14.2. The fraction of sp³-hybridized carbons (Fsp3) is 0.444. The third-order valence-corrected chi connectivity index (χ3v) is 4.02. The second-order valence-corrected chi connectivity index (χ2v) is 5.82. The van der Waals surface area contributed by atoms with Crippen molar-refractivity contribution in [1.82, 2.24) is 9.97 Å². The number of ether oxygens (including phenoxy) is 2. The third kappa shape index (κ3) is 3.27. The van der Waals surface area contributed by atoms with Gasteiger partial charge in [-0.05, 0) is 32.4 Å². The topological polar surface area (TPSA) is 56.3 Å². The van der Waals surface area contributed by atoms with Crippen LogP contribution in [0.15, 0.2) is 18.5 Å². The number of rotatable bonds is 6. The molecule has 0 spiro atoms. The van der Waals surface area contributed by atoms with Crippen LogP contribution in [-0.2, 0) is 19.4 Å². The molecule has 2 aromatic rings. The SMILES string of the molecule is CCOc1cc2c(cc1CNc1ncnc(CC)c1F)OC(C)C2. The number of anilines is 1. The van der Waals surface area contributed by atoms with Gasteiger partial charge in [-0.1, -0.05) is 6.92 Å². The Bertz CT molecular complexity index is 736. The average molecular weight is 331 g/mol. The molecule has 5 nitrogen and oxygen atoms in total. The molecule has 128 valence electrons. The molecule has 0 aliphatic carbocycles. The van der Waals surface area contributed by atoms with E-state index in [1.807, 2.05) is 32.9 Å². The molecule has 1 aromatic heterocycles. The van der Waals surface area contributed by atoms with Gasteiger partial charge in [0.1, 0.15) is 23.9 Å². The third-order valence-electron chi connectivity index (χ3n) is 4.02. The highest BCUT2D eigenvalue weighted by atomic mass is 19.1. The maximum atomic E-state index is 14.3. The molecule has 0 fully saturated rings. The van der Waals surface area contributed by atoms with Crippen LogP contribution in [0.4, 0.5) is 10.2 Å². The van der Waals surface area contributed by atoms with Gasteiger partial charge in [-0.15, -0.1) is 0 Å². The number of nitrogens with zero attached hydrogens (tertiary/aromatic N) is 2. The molecule has 0 saturated heterocycles. The van der Waals surface area contributed by atoms with Crippen molar-refractivity contribution in [2.24, 2.45) is 0 Å². The van der Waals surface area contributed by atoms with Crippen molar-refractivity contribution in [2.45, 2.75) is 46.3 Å². The summed E-state index contributed by atoms with van der Waals surface area (Å²) in [5, 5.41) is 3.04. The van der Waals surface area contributed by atoms with Crippen molar-refractivity contribution in [3.63, 3.8) is 0 Å². The maximum absolute atomic E-state index is 14.3. The lowest BCUT2D eigenvalue weighted by molar-refractivity contribution is 0.254. The van der Waals surface area contributed by atoms with E-state index < -0.39 is 5.82 Å². The van der Waals surface area contributed by atoms with Crippen LogP contribution >= 0.6 is 0 Å². The summed E-state index contributed by atoms with van der Waals surface area (Å²) in [4.78, 5) is 7.94. The Balaban J connectivity index is 1.83. The van der Waals surface area contributed by atoms with Crippen LogP contribution in [-0.4, -0.2) is 22.7 Å². The van der Waals surface area contributed by atoms with Crippen LogP contribution in [0.1, 0.15) is 37.6 Å². The number of hydrogen-bond acceptors (Lipinski definition) is 5. The minimum atomic E-state index is -0.399. The molecule has 0 radical (unpaired) electrons. The highest BCUT2D eigenvalue weighted by Gasteiger charge is 2.22. The summed E-state index contributed by atoms with van der Waals surface area (Å²) in [6.45, 7) is 6.82. The minimum Gasteiger partial charge on any atom is -0.494 e. The predicted octanol–water partition coefficient (Wildman–Crippen LogP) is 3.51. The lowest BCUT2D eigenvalue weighted by Crippen LogP contribution is -2.08. The Labute approximate surface area is 141 Å². The molecule has 1 unspecified atom stereocenters. The minimum absolute atomic E-state index is 0.170. The summed E-state index contributed by atoms with van der Waals surface area (Å²) in [5.41, 5.74) is 2.47. The Kier molecular flexibility index (Phi) is 4.83. The highest BCUT2D eigenvalue weighted by molar-refractivity contribution is 5.50. The number of aryl methyl sites for hydroxylation is 1. The Morgan fingerprint density at radius 3 is 2.92 bits per heavy atom. The van der Waals surface area contributed by atoms with Gasteiger partial charge in [0.05, 0.1) is 12.3 Å². The Morgan fingerprint density at radius 1 is 1.33 bits per heavy atom. The van der Waals surface area contributed by atoms with E-state index in [4.69, 9.17) is 9.47 Å². The van der Waals surface area contributed by atoms with E-state index in [9.17, 15) is 4.39 Å². The number of halogens is 1. The van der Waals surface area contributed by atoms with Gasteiger partial charge >= 0.3 is 0 Å². The standard InChI is InChI=1S/C18H22FN3O2/c1-4-14-17(19)18(22-10-21-14)20-9-13-8-16-12(6-11(3)24-16)7-15(13)23-5-2/h7-8,10-11H,4-6,9H2,1-3H3,(H,20,21,22). The quantitative estimate of drug-likeness (QED) is 0.878. The molecule has 1 atom stereocenters. The fourth-order valence-electron chi connectivity index (χ4n) is 2.86. The fourth-order valence-corrected chi connectivity index (χ4v) is 2.86. The molecule has 1 aliphatic rings. The first kappa shape index (κ1) is 16.5. The van der Waals surface area contributed by atoms with Gasteiger partial charge in [-0.3, -0.25) is 0 Å². The number of benzene rings is 1. The first-order valence-corrected chi connectivity index (χ1v) is 8.30. The maximum Gasteiger partial charge on any atom is 0.186 e.